The molecular weight excluding hydrogens is 457 g/mol. The van der Waals surface area contributed by atoms with Crippen LogP contribution in [0, 0.1) is 18.8 Å². The van der Waals surface area contributed by atoms with Gasteiger partial charge >= 0.3 is 0 Å². The van der Waals surface area contributed by atoms with Gasteiger partial charge in [-0.1, -0.05) is 13.8 Å². The van der Waals surface area contributed by atoms with Crippen LogP contribution in [0.5, 0.6) is 0 Å². The third-order valence-corrected chi connectivity index (χ3v) is 5.52. The van der Waals surface area contributed by atoms with Gasteiger partial charge in [0.25, 0.3) is 0 Å². The van der Waals surface area contributed by atoms with Crippen LogP contribution >= 0.6 is 35.3 Å². The highest BCUT2D eigenvalue weighted by Crippen LogP contribution is 2.20. The molecule has 0 amide bonds. The molecule has 2 rings (SSSR count). The first-order valence-corrected chi connectivity index (χ1v) is 10.5. The Bertz CT molecular complexity index is 524. The number of likely N-dealkylation sites (tertiary alicyclic amines) is 1. The van der Waals surface area contributed by atoms with Crippen LogP contribution in [0.25, 0.3) is 0 Å². The Balaban J connectivity index is 0.00000338. The molecule has 2 heterocycles. The van der Waals surface area contributed by atoms with Gasteiger partial charge in [0.05, 0.1) is 10.7 Å². The number of thiazole rings is 1. The maximum Gasteiger partial charge on any atom is 0.190 e. The van der Waals surface area contributed by atoms with Crippen LogP contribution < -0.4 is 10.6 Å². The Morgan fingerprint density at radius 3 is 2.54 bits per heavy atom. The van der Waals surface area contributed by atoms with Crippen LogP contribution in [0.3, 0.4) is 0 Å². The molecule has 0 aliphatic carbocycles. The van der Waals surface area contributed by atoms with Crippen molar-refractivity contribution in [3.63, 3.8) is 0 Å². The van der Waals surface area contributed by atoms with Gasteiger partial charge in [-0.25, -0.2) is 4.98 Å². The zero-order chi connectivity index (χ0) is 18.1. The summed E-state index contributed by atoms with van der Waals surface area (Å²) in [5, 5.41) is 10.1. The minimum Gasteiger partial charge on any atom is -0.356 e. The number of halogens is 1. The number of nitrogens with zero attached hydrogens (tertiary/aromatic N) is 3. The van der Waals surface area contributed by atoms with Crippen molar-refractivity contribution in [3.05, 3.63) is 16.1 Å². The van der Waals surface area contributed by atoms with E-state index in [1.165, 1.54) is 38.9 Å². The zero-order valence-electron chi connectivity index (χ0n) is 16.8. The predicted octanol–water partition coefficient (Wildman–Crippen LogP) is 3.54. The maximum atomic E-state index is 4.49. The average molecular weight is 494 g/mol. The molecule has 2 N–H and O–H groups in total. The van der Waals surface area contributed by atoms with Crippen LogP contribution in [0.4, 0.5) is 0 Å². The molecule has 0 spiro atoms. The van der Waals surface area contributed by atoms with E-state index in [0.29, 0.717) is 0 Å². The zero-order valence-corrected chi connectivity index (χ0v) is 19.9. The first-order valence-electron chi connectivity index (χ1n) is 9.64. The molecule has 1 aromatic heterocycles. The fourth-order valence-corrected chi connectivity index (χ4v) is 4.34. The van der Waals surface area contributed by atoms with Gasteiger partial charge in [-0.2, -0.15) is 0 Å². The number of aryl methyl sites for hydroxylation is 1. The monoisotopic (exact) mass is 493 g/mol. The van der Waals surface area contributed by atoms with Crippen LogP contribution in [0.1, 0.15) is 43.8 Å². The third kappa shape index (κ3) is 8.99. The van der Waals surface area contributed by atoms with Gasteiger partial charge in [0, 0.05) is 45.0 Å². The minimum atomic E-state index is 0. The summed E-state index contributed by atoms with van der Waals surface area (Å²) < 4.78 is 0. The molecule has 2 unspecified atom stereocenters. The highest BCUT2D eigenvalue weighted by atomic mass is 127. The van der Waals surface area contributed by atoms with E-state index in [9.17, 15) is 0 Å². The van der Waals surface area contributed by atoms with Crippen molar-refractivity contribution in [3.8, 4) is 0 Å². The van der Waals surface area contributed by atoms with Crippen molar-refractivity contribution in [1.82, 2.24) is 20.5 Å². The van der Waals surface area contributed by atoms with Gasteiger partial charge in [-0.05, 0) is 44.6 Å². The first kappa shape index (κ1) is 23.6. The van der Waals surface area contributed by atoms with E-state index in [2.05, 4.69) is 44.7 Å². The van der Waals surface area contributed by atoms with E-state index in [1.54, 1.807) is 11.3 Å². The number of hydrogen-bond donors (Lipinski definition) is 2. The van der Waals surface area contributed by atoms with Crippen LogP contribution in [0.2, 0.25) is 0 Å². The lowest BCUT2D eigenvalue weighted by Gasteiger charge is -2.34. The second-order valence-corrected chi connectivity index (χ2v) is 8.51. The van der Waals surface area contributed by atoms with Crippen molar-refractivity contribution in [2.75, 3.05) is 39.8 Å². The third-order valence-electron chi connectivity index (χ3n) is 4.70. The average Bonchev–Trinajstić information content (AvgIpc) is 2.97. The van der Waals surface area contributed by atoms with Crippen molar-refractivity contribution < 1.29 is 0 Å². The highest BCUT2D eigenvalue weighted by Gasteiger charge is 2.20. The van der Waals surface area contributed by atoms with E-state index >= 15 is 0 Å². The Morgan fingerprint density at radius 2 is 1.92 bits per heavy atom. The molecule has 1 aromatic rings. The SMILES string of the molecule is CN=C(NCCCCN1CC(C)CC(C)C1)NCCc1csc(C)n1.I. The molecule has 0 saturated carbocycles. The van der Waals surface area contributed by atoms with Gasteiger partial charge in [0.2, 0.25) is 0 Å². The summed E-state index contributed by atoms with van der Waals surface area (Å²) in [6.07, 6.45) is 4.77. The Labute approximate surface area is 180 Å². The predicted molar refractivity (Wildman–Crippen MR) is 124 cm³/mol. The summed E-state index contributed by atoms with van der Waals surface area (Å²) in [5.74, 6) is 2.60. The van der Waals surface area contributed by atoms with Crippen molar-refractivity contribution >= 4 is 41.3 Å². The van der Waals surface area contributed by atoms with Crippen molar-refractivity contribution in [2.45, 2.75) is 46.5 Å². The summed E-state index contributed by atoms with van der Waals surface area (Å²) in [7, 11) is 1.83. The van der Waals surface area contributed by atoms with Gasteiger partial charge in [0.15, 0.2) is 5.96 Å². The normalized spacial score (nSPS) is 21.3. The summed E-state index contributed by atoms with van der Waals surface area (Å²) in [4.78, 5) is 11.4. The number of aliphatic imine (C=N–C) groups is 1. The van der Waals surface area contributed by atoms with Gasteiger partial charge in [-0.15, -0.1) is 35.3 Å². The quantitative estimate of drug-likeness (QED) is 0.252. The molecule has 0 aromatic carbocycles. The molecule has 1 fully saturated rings. The Hall–Kier alpha value is -0.410. The van der Waals surface area contributed by atoms with Crippen LogP contribution in [0.15, 0.2) is 10.4 Å². The molecule has 1 aliphatic heterocycles. The molecule has 26 heavy (non-hydrogen) atoms. The maximum absolute atomic E-state index is 4.49. The fourth-order valence-electron chi connectivity index (χ4n) is 3.69. The number of piperidine rings is 1. The van der Waals surface area contributed by atoms with E-state index in [4.69, 9.17) is 0 Å². The molecule has 0 radical (unpaired) electrons. The smallest absolute Gasteiger partial charge is 0.190 e. The van der Waals surface area contributed by atoms with E-state index < -0.39 is 0 Å². The van der Waals surface area contributed by atoms with E-state index in [-0.39, 0.29) is 24.0 Å². The van der Waals surface area contributed by atoms with Crippen molar-refractivity contribution in [2.24, 2.45) is 16.8 Å². The van der Waals surface area contributed by atoms with E-state index in [0.717, 1.165) is 48.0 Å². The Kier molecular flexibility index (Phi) is 11.7. The molecule has 2 atom stereocenters. The van der Waals surface area contributed by atoms with Gasteiger partial charge in [0.1, 0.15) is 0 Å². The molecule has 1 aliphatic rings. The summed E-state index contributed by atoms with van der Waals surface area (Å²) in [6, 6.07) is 0. The summed E-state index contributed by atoms with van der Waals surface area (Å²) in [5.41, 5.74) is 1.16. The van der Waals surface area contributed by atoms with Gasteiger partial charge < -0.3 is 15.5 Å². The lowest BCUT2D eigenvalue weighted by molar-refractivity contribution is 0.139. The second-order valence-electron chi connectivity index (χ2n) is 7.45. The molecule has 1 saturated heterocycles. The molecule has 150 valence electrons. The molecule has 5 nitrogen and oxygen atoms in total. The lowest BCUT2D eigenvalue weighted by atomic mass is 9.92. The molecule has 7 heteroatoms. The number of guanidine groups is 1. The van der Waals surface area contributed by atoms with E-state index in [1.807, 2.05) is 14.0 Å². The first-order chi connectivity index (χ1) is 12.1. The van der Waals surface area contributed by atoms with Crippen LogP contribution in [-0.4, -0.2) is 55.6 Å². The summed E-state index contributed by atoms with van der Waals surface area (Å²) in [6.45, 7) is 12.4. The molecule has 0 bridgehead atoms. The highest BCUT2D eigenvalue weighted by molar-refractivity contribution is 14.0. The van der Waals surface area contributed by atoms with Gasteiger partial charge in [-0.3, -0.25) is 4.99 Å². The Morgan fingerprint density at radius 1 is 1.23 bits per heavy atom. The number of hydrogen-bond acceptors (Lipinski definition) is 4. The summed E-state index contributed by atoms with van der Waals surface area (Å²) >= 11 is 1.71. The van der Waals surface area contributed by atoms with Crippen LogP contribution in [-0.2, 0) is 6.42 Å². The fraction of sp³-hybridized carbons (Fsp3) is 0.789. The number of aromatic nitrogens is 1. The number of rotatable bonds is 8. The largest absolute Gasteiger partial charge is 0.356 e. The number of unbranched alkanes of at least 4 members (excludes halogenated alkanes) is 1. The second kappa shape index (κ2) is 12.9. The topological polar surface area (TPSA) is 52.6 Å². The lowest BCUT2D eigenvalue weighted by Crippen LogP contribution is -2.40. The molecular formula is C19H36IN5S. The number of nitrogens with one attached hydrogen (secondary N) is 2. The minimum absolute atomic E-state index is 0. The van der Waals surface area contributed by atoms with Crippen molar-refractivity contribution in [1.29, 1.82) is 0 Å². The standard InChI is InChI=1S/C19H35N5S.HI/c1-15-11-16(2)13-24(12-15)10-6-5-8-21-19(20-4)22-9-7-18-14-25-17(3)23-18;/h14-16H,5-13H2,1-4H3,(H2,20,21,22);1H.